The lowest BCUT2D eigenvalue weighted by atomic mass is 10.1. The smallest absolute Gasteiger partial charge is 0.242 e. The largest absolute Gasteiger partial charge is 0.354 e. The zero-order valence-corrected chi connectivity index (χ0v) is 24.0. The number of hydrogen-bond acceptors (Lipinski definition) is 4. The van der Waals surface area contributed by atoms with Crippen molar-refractivity contribution in [2.75, 3.05) is 23.7 Å². The van der Waals surface area contributed by atoms with Gasteiger partial charge in [-0.15, -0.1) is 0 Å². The molecular weight excluding hydrogens is 486 g/mol. The Morgan fingerprint density at radius 1 is 0.973 bits per heavy atom. The molecule has 0 saturated carbocycles. The molecule has 1 N–H and O–H groups in total. The molecule has 37 heavy (non-hydrogen) atoms. The van der Waals surface area contributed by atoms with Crippen LogP contribution in [0, 0.1) is 20.8 Å². The molecule has 7 nitrogen and oxygen atoms in total. The predicted octanol–water partition coefficient (Wildman–Crippen LogP) is 4.88. The molecule has 1 atom stereocenters. The molecular formula is C29H43N3O4S. The third kappa shape index (κ3) is 9.18. The first kappa shape index (κ1) is 30.4. The topological polar surface area (TPSA) is 86.8 Å². The maximum atomic E-state index is 13.5. The maximum Gasteiger partial charge on any atom is 0.242 e. The van der Waals surface area contributed by atoms with E-state index in [2.05, 4.69) is 12.2 Å². The molecule has 8 heteroatoms. The Hall–Kier alpha value is -2.87. The molecule has 0 bridgehead atoms. The highest BCUT2D eigenvalue weighted by molar-refractivity contribution is 7.92. The van der Waals surface area contributed by atoms with Crippen molar-refractivity contribution in [3.8, 4) is 0 Å². The lowest BCUT2D eigenvalue weighted by Crippen LogP contribution is -2.49. The summed E-state index contributed by atoms with van der Waals surface area (Å²) in [7, 11) is -3.53. The van der Waals surface area contributed by atoms with Gasteiger partial charge in [-0.25, -0.2) is 8.42 Å². The monoisotopic (exact) mass is 529 g/mol. The number of carbonyl (C=O) groups excluding carboxylic acids is 2. The van der Waals surface area contributed by atoms with E-state index in [1.165, 1.54) is 10.6 Å². The Morgan fingerprint density at radius 2 is 1.68 bits per heavy atom. The van der Waals surface area contributed by atoms with Crippen LogP contribution in [0.25, 0.3) is 0 Å². The fraction of sp³-hybridized carbons (Fsp3) is 0.517. The van der Waals surface area contributed by atoms with Crippen molar-refractivity contribution in [1.82, 2.24) is 10.2 Å². The number of carbonyl (C=O) groups is 2. The summed E-state index contributed by atoms with van der Waals surface area (Å²) in [6, 6.07) is 13.0. The van der Waals surface area contributed by atoms with Crippen molar-refractivity contribution in [1.29, 1.82) is 0 Å². The summed E-state index contributed by atoms with van der Waals surface area (Å²) in [5.74, 6) is -0.307. The van der Waals surface area contributed by atoms with E-state index in [9.17, 15) is 18.0 Å². The highest BCUT2D eigenvalue weighted by Gasteiger charge is 2.29. The zero-order chi connectivity index (χ0) is 27.6. The zero-order valence-electron chi connectivity index (χ0n) is 23.2. The van der Waals surface area contributed by atoms with Gasteiger partial charge in [-0.2, -0.15) is 0 Å². The van der Waals surface area contributed by atoms with E-state index >= 15 is 0 Å². The summed E-state index contributed by atoms with van der Waals surface area (Å²) in [6.45, 7) is 10.9. The van der Waals surface area contributed by atoms with Crippen LogP contribution < -0.4 is 9.62 Å². The summed E-state index contributed by atoms with van der Waals surface area (Å²) in [5, 5.41) is 2.97. The number of amides is 2. The number of anilines is 1. The molecule has 0 radical (unpaired) electrons. The summed E-state index contributed by atoms with van der Waals surface area (Å²) < 4.78 is 26.6. The second-order valence-corrected chi connectivity index (χ2v) is 11.7. The normalized spacial score (nSPS) is 12.2. The van der Waals surface area contributed by atoms with E-state index in [0.717, 1.165) is 35.1 Å². The highest BCUT2D eigenvalue weighted by Crippen LogP contribution is 2.25. The standard InChI is InChI=1S/C29H43N3O4S/c1-7-9-17-30-29(34)26(8-2)31(21-25-13-10-12-22(3)19-25)28(33)14-11-18-32(37(6,35)36)27-20-23(4)15-16-24(27)5/h10,12-13,15-16,19-20,26H,7-9,11,14,17-18,21H2,1-6H3,(H,30,34)/t26-/m0/s1. The van der Waals surface area contributed by atoms with Crippen LogP contribution in [0.2, 0.25) is 0 Å². The molecule has 0 heterocycles. The Balaban J connectivity index is 2.23. The average molecular weight is 530 g/mol. The maximum absolute atomic E-state index is 13.5. The lowest BCUT2D eigenvalue weighted by Gasteiger charge is -2.31. The first-order chi connectivity index (χ1) is 17.5. The van der Waals surface area contributed by atoms with Gasteiger partial charge in [0.2, 0.25) is 21.8 Å². The van der Waals surface area contributed by atoms with Crippen molar-refractivity contribution in [3.63, 3.8) is 0 Å². The molecule has 0 spiro atoms. The third-order valence-corrected chi connectivity index (χ3v) is 7.62. The molecule has 204 valence electrons. The van der Waals surface area contributed by atoms with Gasteiger partial charge < -0.3 is 10.2 Å². The van der Waals surface area contributed by atoms with Crippen molar-refractivity contribution in [3.05, 3.63) is 64.7 Å². The van der Waals surface area contributed by atoms with Crippen LogP contribution in [0.15, 0.2) is 42.5 Å². The second kappa shape index (κ2) is 14.2. The first-order valence-corrected chi connectivity index (χ1v) is 15.0. The van der Waals surface area contributed by atoms with Gasteiger partial charge in [-0.05, 0) is 62.8 Å². The van der Waals surface area contributed by atoms with E-state index in [1.54, 1.807) is 4.90 Å². The molecule has 0 aliphatic heterocycles. The van der Waals surface area contributed by atoms with Crippen LogP contribution in [0.3, 0.4) is 0 Å². The van der Waals surface area contributed by atoms with Crippen LogP contribution in [0.1, 0.15) is 68.2 Å². The van der Waals surface area contributed by atoms with Gasteiger partial charge in [0.25, 0.3) is 0 Å². The minimum absolute atomic E-state index is 0.140. The number of nitrogens with one attached hydrogen (secondary N) is 1. The van der Waals surface area contributed by atoms with Gasteiger partial charge in [0, 0.05) is 26.1 Å². The quantitative estimate of drug-likeness (QED) is 0.353. The van der Waals surface area contributed by atoms with E-state index in [1.807, 2.05) is 70.2 Å². The summed E-state index contributed by atoms with van der Waals surface area (Å²) >= 11 is 0. The van der Waals surface area contributed by atoms with Gasteiger partial charge in [-0.3, -0.25) is 13.9 Å². The summed E-state index contributed by atoms with van der Waals surface area (Å²) in [5.41, 5.74) is 4.50. The summed E-state index contributed by atoms with van der Waals surface area (Å²) in [6.07, 6.45) is 4.02. The molecule has 0 saturated heterocycles. The molecule has 0 fully saturated rings. The minimum Gasteiger partial charge on any atom is -0.354 e. The molecule has 0 unspecified atom stereocenters. The molecule has 2 rings (SSSR count). The molecule has 0 aromatic heterocycles. The van der Waals surface area contributed by atoms with E-state index in [-0.39, 0.29) is 24.8 Å². The Bertz CT molecular complexity index is 1160. The van der Waals surface area contributed by atoms with Crippen LogP contribution >= 0.6 is 0 Å². The number of sulfonamides is 1. The van der Waals surface area contributed by atoms with Crippen molar-refractivity contribution < 1.29 is 18.0 Å². The molecule has 2 amide bonds. The number of unbranched alkanes of at least 4 members (excludes halogenated alkanes) is 1. The van der Waals surface area contributed by atoms with Gasteiger partial charge >= 0.3 is 0 Å². The SMILES string of the molecule is CCCCNC(=O)[C@H](CC)N(Cc1cccc(C)c1)C(=O)CCCN(c1cc(C)ccc1C)S(C)(=O)=O. The first-order valence-electron chi connectivity index (χ1n) is 13.2. The number of aryl methyl sites for hydroxylation is 3. The number of hydrogen-bond donors (Lipinski definition) is 1. The van der Waals surface area contributed by atoms with Gasteiger partial charge in [0.15, 0.2) is 0 Å². The van der Waals surface area contributed by atoms with E-state index in [0.29, 0.717) is 31.6 Å². The lowest BCUT2D eigenvalue weighted by molar-refractivity contribution is -0.141. The number of rotatable bonds is 14. The average Bonchev–Trinajstić information content (AvgIpc) is 2.82. The summed E-state index contributed by atoms with van der Waals surface area (Å²) in [4.78, 5) is 28.2. The van der Waals surface area contributed by atoms with Gasteiger partial charge in [0.05, 0.1) is 11.9 Å². The highest BCUT2D eigenvalue weighted by atomic mass is 32.2. The molecule has 2 aromatic rings. The third-order valence-electron chi connectivity index (χ3n) is 6.44. The van der Waals surface area contributed by atoms with Crippen LogP contribution in [0.4, 0.5) is 5.69 Å². The minimum atomic E-state index is -3.53. The molecule has 2 aromatic carbocycles. The van der Waals surface area contributed by atoms with Crippen LogP contribution in [-0.4, -0.2) is 50.5 Å². The number of nitrogens with zero attached hydrogens (tertiary/aromatic N) is 2. The van der Waals surface area contributed by atoms with Gasteiger partial charge in [-0.1, -0.05) is 62.2 Å². The van der Waals surface area contributed by atoms with Crippen LogP contribution in [-0.2, 0) is 26.2 Å². The fourth-order valence-corrected chi connectivity index (χ4v) is 5.42. The van der Waals surface area contributed by atoms with E-state index in [4.69, 9.17) is 0 Å². The number of benzene rings is 2. The second-order valence-electron chi connectivity index (χ2n) is 9.81. The Morgan fingerprint density at radius 3 is 2.30 bits per heavy atom. The van der Waals surface area contributed by atoms with Crippen molar-refractivity contribution in [2.24, 2.45) is 0 Å². The van der Waals surface area contributed by atoms with Crippen molar-refractivity contribution >= 4 is 27.5 Å². The van der Waals surface area contributed by atoms with E-state index < -0.39 is 16.1 Å². The molecule has 0 aliphatic carbocycles. The van der Waals surface area contributed by atoms with Crippen molar-refractivity contribution in [2.45, 2.75) is 79.3 Å². The molecule has 0 aliphatic rings. The Kier molecular flexibility index (Phi) is 11.6. The predicted molar refractivity (Wildman–Crippen MR) is 151 cm³/mol. The van der Waals surface area contributed by atoms with Crippen LogP contribution in [0.5, 0.6) is 0 Å². The Labute approximate surface area is 223 Å². The fourth-order valence-electron chi connectivity index (χ4n) is 4.40. The van der Waals surface area contributed by atoms with Gasteiger partial charge in [0.1, 0.15) is 6.04 Å².